The number of carbonyl (C=O) groups excluding carboxylic acids is 1. The predicted molar refractivity (Wildman–Crippen MR) is 86.7 cm³/mol. The Morgan fingerprint density at radius 2 is 2.29 bits per heavy atom. The van der Waals surface area contributed by atoms with Crippen LogP contribution in [0.25, 0.3) is 0 Å². The van der Waals surface area contributed by atoms with E-state index in [2.05, 4.69) is 21.2 Å². The Morgan fingerprint density at radius 3 is 2.90 bits per heavy atom. The largest absolute Gasteiger partial charge is 0.497 e. The highest BCUT2D eigenvalue weighted by Crippen LogP contribution is 2.23. The summed E-state index contributed by atoms with van der Waals surface area (Å²) in [7, 11) is 1.62. The van der Waals surface area contributed by atoms with E-state index in [9.17, 15) is 4.79 Å². The number of benzene rings is 1. The Kier molecular flexibility index (Phi) is 7.45. The summed E-state index contributed by atoms with van der Waals surface area (Å²) in [5.41, 5.74) is 6.50. The number of carbonyl (C=O) groups is 1. The molecule has 5 nitrogen and oxygen atoms in total. The minimum absolute atomic E-state index is 0. The van der Waals surface area contributed by atoms with E-state index in [-0.39, 0.29) is 30.5 Å². The highest BCUT2D eigenvalue weighted by atomic mass is 79.9. The molecule has 0 bridgehead atoms. The molecule has 7 heteroatoms. The summed E-state index contributed by atoms with van der Waals surface area (Å²) >= 11 is 3.46. The fourth-order valence-corrected chi connectivity index (χ4v) is 2.57. The van der Waals surface area contributed by atoms with Gasteiger partial charge in [-0.15, -0.1) is 12.4 Å². The topological polar surface area (TPSA) is 73.6 Å². The van der Waals surface area contributed by atoms with Crippen LogP contribution in [0.3, 0.4) is 0 Å². The maximum Gasteiger partial charge on any atom is 0.249 e. The molecule has 1 saturated heterocycles. The molecular formula is C14H20BrClN2O3. The molecule has 0 aliphatic carbocycles. The van der Waals surface area contributed by atoms with E-state index in [1.807, 2.05) is 18.2 Å². The minimum Gasteiger partial charge on any atom is -0.497 e. The molecule has 0 radical (unpaired) electrons. The molecule has 1 heterocycles. The zero-order valence-corrected chi connectivity index (χ0v) is 14.2. The molecule has 2 rings (SSSR count). The average Bonchev–Trinajstić information content (AvgIpc) is 2.95. The molecule has 1 aromatic rings. The van der Waals surface area contributed by atoms with Crippen molar-refractivity contribution in [3.63, 3.8) is 0 Å². The molecular weight excluding hydrogens is 360 g/mol. The molecule has 0 aromatic heterocycles. The van der Waals surface area contributed by atoms with Crippen molar-refractivity contribution >= 4 is 34.2 Å². The van der Waals surface area contributed by atoms with Gasteiger partial charge in [-0.2, -0.15) is 0 Å². The summed E-state index contributed by atoms with van der Waals surface area (Å²) in [4.78, 5) is 12.0. The summed E-state index contributed by atoms with van der Waals surface area (Å²) in [5, 5.41) is 2.89. The first-order valence-electron chi connectivity index (χ1n) is 6.59. The Labute approximate surface area is 139 Å². The van der Waals surface area contributed by atoms with Crippen LogP contribution < -0.4 is 15.8 Å². The van der Waals surface area contributed by atoms with Crippen molar-refractivity contribution in [2.75, 3.05) is 13.7 Å². The van der Waals surface area contributed by atoms with Crippen molar-refractivity contribution in [1.82, 2.24) is 5.32 Å². The zero-order chi connectivity index (χ0) is 14.5. The van der Waals surface area contributed by atoms with E-state index in [4.69, 9.17) is 15.2 Å². The number of rotatable bonds is 5. The quantitative estimate of drug-likeness (QED) is 0.821. The van der Waals surface area contributed by atoms with Crippen LogP contribution >= 0.6 is 28.3 Å². The lowest BCUT2D eigenvalue weighted by atomic mass is 10.1. The third-order valence-electron chi connectivity index (χ3n) is 3.37. The molecule has 2 atom stereocenters. The molecule has 0 spiro atoms. The second-order valence-electron chi connectivity index (χ2n) is 4.73. The maximum absolute atomic E-state index is 12.0. The lowest BCUT2D eigenvalue weighted by Crippen LogP contribution is -2.35. The first kappa shape index (κ1) is 18.2. The number of nitrogens with one attached hydrogen (secondary N) is 1. The van der Waals surface area contributed by atoms with Crippen LogP contribution in [0.5, 0.6) is 5.75 Å². The van der Waals surface area contributed by atoms with Crippen LogP contribution in [0.4, 0.5) is 0 Å². The monoisotopic (exact) mass is 378 g/mol. The minimum atomic E-state index is -0.382. The highest BCUT2D eigenvalue weighted by molar-refractivity contribution is 9.10. The smallest absolute Gasteiger partial charge is 0.249 e. The van der Waals surface area contributed by atoms with Gasteiger partial charge in [-0.05, 0) is 36.6 Å². The first-order valence-corrected chi connectivity index (χ1v) is 7.39. The molecule has 1 amide bonds. The van der Waals surface area contributed by atoms with Crippen LogP contribution in [-0.4, -0.2) is 31.8 Å². The first-order chi connectivity index (χ1) is 9.63. The van der Waals surface area contributed by atoms with E-state index in [1.54, 1.807) is 7.11 Å². The van der Waals surface area contributed by atoms with Gasteiger partial charge in [0.05, 0.1) is 13.2 Å². The van der Waals surface area contributed by atoms with Crippen LogP contribution in [0.1, 0.15) is 18.4 Å². The van der Waals surface area contributed by atoms with Gasteiger partial charge >= 0.3 is 0 Å². The molecule has 0 saturated carbocycles. The maximum atomic E-state index is 12.0. The second-order valence-corrected chi connectivity index (χ2v) is 5.59. The van der Waals surface area contributed by atoms with E-state index >= 15 is 0 Å². The fraction of sp³-hybridized carbons (Fsp3) is 0.500. The van der Waals surface area contributed by atoms with Crippen LogP contribution in [0.15, 0.2) is 22.7 Å². The molecule has 3 N–H and O–H groups in total. The van der Waals surface area contributed by atoms with E-state index in [1.165, 1.54) is 0 Å². The SMILES string of the molecule is COc1ccc(Br)c(CNC(=O)[C@@H]2CC[C@H](CN)O2)c1.Cl. The number of amides is 1. The molecule has 118 valence electrons. The van der Waals surface area contributed by atoms with Gasteiger partial charge in [0, 0.05) is 17.6 Å². The van der Waals surface area contributed by atoms with Gasteiger partial charge in [0.15, 0.2) is 0 Å². The Bertz CT molecular complexity index is 487. The Morgan fingerprint density at radius 1 is 1.52 bits per heavy atom. The second kappa shape index (κ2) is 8.58. The molecule has 1 aromatic carbocycles. The third kappa shape index (κ3) is 4.85. The molecule has 1 aliphatic heterocycles. The summed E-state index contributed by atoms with van der Waals surface area (Å²) in [6, 6.07) is 5.65. The molecule has 0 unspecified atom stereocenters. The van der Waals surface area contributed by atoms with Crippen LogP contribution in [0, 0.1) is 0 Å². The van der Waals surface area contributed by atoms with Crippen molar-refractivity contribution in [1.29, 1.82) is 0 Å². The number of halogens is 2. The van der Waals surface area contributed by atoms with Crippen molar-refractivity contribution < 1.29 is 14.3 Å². The van der Waals surface area contributed by atoms with Crippen molar-refractivity contribution in [3.05, 3.63) is 28.2 Å². The Hall–Kier alpha value is -0.820. The number of methoxy groups -OCH3 is 1. The van der Waals surface area contributed by atoms with Crippen LogP contribution in [-0.2, 0) is 16.1 Å². The normalized spacial score (nSPS) is 20.7. The summed E-state index contributed by atoms with van der Waals surface area (Å²) in [6.45, 7) is 0.898. The lowest BCUT2D eigenvalue weighted by Gasteiger charge is -2.13. The molecule has 1 fully saturated rings. The van der Waals surface area contributed by atoms with E-state index in [0.29, 0.717) is 13.1 Å². The van der Waals surface area contributed by atoms with Crippen molar-refractivity contribution in [3.8, 4) is 5.75 Å². The summed E-state index contributed by atoms with van der Waals surface area (Å²) in [6.07, 6.45) is 1.20. The number of hydrogen-bond acceptors (Lipinski definition) is 4. The summed E-state index contributed by atoms with van der Waals surface area (Å²) in [5.74, 6) is 0.674. The van der Waals surface area contributed by atoms with Gasteiger partial charge in [0.25, 0.3) is 0 Å². The van der Waals surface area contributed by atoms with Crippen molar-refractivity contribution in [2.45, 2.75) is 31.6 Å². The number of hydrogen-bond donors (Lipinski definition) is 2. The van der Waals surface area contributed by atoms with Gasteiger partial charge in [0.2, 0.25) is 5.91 Å². The molecule has 21 heavy (non-hydrogen) atoms. The number of nitrogens with two attached hydrogens (primary N) is 1. The van der Waals surface area contributed by atoms with Crippen molar-refractivity contribution in [2.24, 2.45) is 5.73 Å². The fourth-order valence-electron chi connectivity index (χ4n) is 2.18. The lowest BCUT2D eigenvalue weighted by molar-refractivity contribution is -0.132. The van der Waals surface area contributed by atoms with Gasteiger partial charge in [-0.1, -0.05) is 15.9 Å². The Balaban J connectivity index is 0.00000220. The average molecular weight is 380 g/mol. The van der Waals surface area contributed by atoms with Gasteiger partial charge < -0.3 is 20.5 Å². The van der Waals surface area contributed by atoms with E-state index in [0.717, 1.165) is 28.6 Å². The number of ether oxygens (including phenoxy) is 2. The third-order valence-corrected chi connectivity index (χ3v) is 4.14. The van der Waals surface area contributed by atoms with Gasteiger partial charge in [-0.3, -0.25) is 4.79 Å². The van der Waals surface area contributed by atoms with Gasteiger partial charge in [-0.25, -0.2) is 0 Å². The summed E-state index contributed by atoms with van der Waals surface area (Å²) < 4.78 is 11.7. The highest BCUT2D eigenvalue weighted by Gasteiger charge is 2.29. The standard InChI is InChI=1S/C14H19BrN2O3.ClH/c1-19-10-2-4-12(15)9(6-10)8-17-14(18)13-5-3-11(7-16)20-13;/h2,4,6,11,13H,3,5,7-8,16H2,1H3,(H,17,18);1H/t11-,13+;/m1./s1. The van der Waals surface area contributed by atoms with Crippen LogP contribution in [0.2, 0.25) is 0 Å². The predicted octanol–water partition coefficient (Wildman–Crippen LogP) is 2.00. The van der Waals surface area contributed by atoms with Gasteiger partial charge in [0.1, 0.15) is 11.9 Å². The van der Waals surface area contributed by atoms with E-state index < -0.39 is 0 Å². The molecule has 1 aliphatic rings. The zero-order valence-electron chi connectivity index (χ0n) is 11.8.